The number of piperazine rings is 2. The third-order valence-corrected chi connectivity index (χ3v) is 5.16. The van der Waals surface area contributed by atoms with Gasteiger partial charge in [-0.05, 0) is 25.3 Å². The number of thiophene rings is 1. The molecule has 1 aromatic heterocycles. The molecule has 3 heterocycles. The molecule has 130 valence electrons. The number of amides is 4. The lowest BCUT2D eigenvalue weighted by Gasteiger charge is -2.45. The van der Waals surface area contributed by atoms with Crippen molar-refractivity contribution in [3.63, 3.8) is 0 Å². The smallest absolute Gasteiger partial charge is 0.317 e. The summed E-state index contributed by atoms with van der Waals surface area (Å²) in [6, 6.07) is 2.64. The fourth-order valence-electron chi connectivity index (χ4n) is 3.09. The van der Waals surface area contributed by atoms with Crippen molar-refractivity contribution in [2.75, 3.05) is 19.6 Å². The molecule has 2 saturated heterocycles. The zero-order valence-corrected chi connectivity index (χ0v) is 14.6. The summed E-state index contributed by atoms with van der Waals surface area (Å²) in [6.45, 7) is 4.85. The van der Waals surface area contributed by atoms with Gasteiger partial charge >= 0.3 is 6.03 Å². The third-order valence-electron chi connectivity index (χ3n) is 4.27. The number of carbonyl (C=O) groups is 3. The monoisotopic (exact) mass is 350 g/mol. The fraction of sp³-hybridized carbons (Fsp3) is 0.562. The van der Waals surface area contributed by atoms with E-state index < -0.39 is 12.1 Å². The largest absolute Gasteiger partial charge is 0.342 e. The van der Waals surface area contributed by atoms with Gasteiger partial charge in [-0.2, -0.15) is 0 Å². The molecule has 0 radical (unpaired) electrons. The summed E-state index contributed by atoms with van der Waals surface area (Å²) in [4.78, 5) is 41.6. The van der Waals surface area contributed by atoms with Crippen LogP contribution < -0.4 is 10.6 Å². The Balaban J connectivity index is 1.66. The number of fused-ring (bicyclic) bond motifs is 1. The highest BCUT2D eigenvalue weighted by Crippen LogP contribution is 2.20. The number of nitrogens with zero attached hydrogens (tertiary/aromatic N) is 2. The van der Waals surface area contributed by atoms with Gasteiger partial charge in [-0.3, -0.25) is 9.59 Å². The molecule has 2 N–H and O–H groups in total. The summed E-state index contributed by atoms with van der Waals surface area (Å²) >= 11 is 1.58. The molecule has 24 heavy (non-hydrogen) atoms. The molecular weight excluding hydrogens is 328 g/mol. The van der Waals surface area contributed by atoms with Gasteiger partial charge in [0.25, 0.3) is 0 Å². The van der Waals surface area contributed by atoms with Crippen molar-refractivity contribution in [1.82, 2.24) is 20.4 Å². The predicted molar refractivity (Wildman–Crippen MR) is 90.7 cm³/mol. The maximum absolute atomic E-state index is 12.7. The normalized spacial score (nSPS) is 24.0. The van der Waals surface area contributed by atoms with Crippen LogP contribution in [0.25, 0.3) is 0 Å². The van der Waals surface area contributed by atoms with Gasteiger partial charge in [-0.1, -0.05) is 6.07 Å². The molecule has 7 nitrogen and oxygen atoms in total. The van der Waals surface area contributed by atoms with E-state index in [1.54, 1.807) is 21.1 Å². The Hall–Kier alpha value is -2.09. The van der Waals surface area contributed by atoms with E-state index in [1.165, 1.54) is 0 Å². The Bertz CT molecular complexity index is 631. The minimum Gasteiger partial charge on any atom is -0.342 e. The van der Waals surface area contributed by atoms with Crippen LogP contribution in [-0.4, -0.2) is 65.4 Å². The lowest BCUT2D eigenvalue weighted by Crippen LogP contribution is -2.70. The molecule has 2 aliphatic rings. The van der Waals surface area contributed by atoms with E-state index in [0.29, 0.717) is 19.5 Å². The minimum absolute atomic E-state index is 0.0347. The average molecular weight is 350 g/mol. The van der Waals surface area contributed by atoms with E-state index in [1.807, 2.05) is 31.4 Å². The SMILES string of the molecule is CC(C)NC(=O)N1CCN2C(=O)[C@H](Cc3cccs3)NC(=O)[C@@H]2C1. The van der Waals surface area contributed by atoms with Crippen LogP contribution in [0.2, 0.25) is 0 Å². The molecule has 0 unspecified atom stereocenters. The highest BCUT2D eigenvalue weighted by atomic mass is 32.1. The van der Waals surface area contributed by atoms with Gasteiger partial charge < -0.3 is 20.4 Å². The lowest BCUT2D eigenvalue weighted by atomic mass is 10.0. The number of nitrogens with one attached hydrogen (secondary N) is 2. The van der Waals surface area contributed by atoms with E-state index >= 15 is 0 Å². The van der Waals surface area contributed by atoms with E-state index in [2.05, 4.69) is 10.6 Å². The number of hydrogen-bond acceptors (Lipinski definition) is 4. The van der Waals surface area contributed by atoms with Crippen LogP contribution in [0.4, 0.5) is 4.79 Å². The van der Waals surface area contributed by atoms with Crippen LogP contribution in [0.5, 0.6) is 0 Å². The predicted octanol–water partition coefficient (Wildman–Crippen LogP) is 0.420. The van der Waals surface area contributed by atoms with Crippen molar-refractivity contribution in [2.24, 2.45) is 0 Å². The van der Waals surface area contributed by atoms with Crippen molar-refractivity contribution in [2.45, 2.75) is 38.4 Å². The fourth-order valence-corrected chi connectivity index (χ4v) is 3.84. The van der Waals surface area contributed by atoms with Crippen LogP contribution >= 0.6 is 11.3 Å². The molecular formula is C16H22N4O3S. The van der Waals surface area contributed by atoms with Crippen LogP contribution in [-0.2, 0) is 16.0 Å². The van der Waals surface area contributed by atoms with E-state index in [-0.39, 0.29) is 30.4 Å². The maximum Gasteiger partial charge on any atom is 0.317 e. The van der Waals surface area contributed by atoms with Gasteiger partial charge in [-0.25, -0.2) is 4.79 Å². The van der Waals surface area contributed by atoms with Gasteiger partial charge in [0.05, 0.1) is 6.54 Å². The average Bonchev–Trinajstić information content (AvgIpc) is 3.04. The molecule has 1 aromatic rings. The van der Waals surface area contributed by atoms with Gasteiger partial charge in [0.15, 0.2) is 0 Å². The molecule has 0 saturated carbocycles. The molecule has 0 spiro atoms. The number of urea groups is 1. The molecule has 2 aliphatic heterocycles. The Morgan fingerprint density at radius 3 is 2.88 bits per heavy atom. The van der Waals surface area contributed by atoms with Crippen molar-refractivity contribution < 1.29 is 14.4 Å². The Kier molecular flexibility index (Phi) is 4.75. The molecule has 0 bridgehead atoms. The number of rotatable bonds is 3. The summed E-state index contributed by atoms with van der Waals surface area (Å²) < 4.78 is 0. The van der Waals surface area contributed by atoms with Gasteiger partial charge in [-0.15, -0.1) is 11.3 Å². The maximum atomic E-state index is 12.7. The summed E-state index contributed by atoms with van der Waals surface area (Å²) in [5, 5.41) is 7.61. The summed E-state index contributed by atoms with van der Waals surface area (Å²) in [5.41, 5.74) is 0. The van der Waals surface area contributed by atoms with E-state index in [9.17, 15) is 14.4 Å². The second kappa shape index (κ2) is 6.80. The first-order valence-electron chi connectivity index (χ1n) is 8.14. The van der Waals surface area contributed by atoms with Crippen LogP contribution in [0.3, 0.4) is 0 Å². The zero-order chi connectivity index (χ0) is 17.3. The molecule has 2 fully saturated rings. The standard InChI is InChI=1S/C16H22N4O3S/c1-10(2)17-16(23)19-5-6-20-13(9-19)14(21)18-12(15(20)22)8-11-4-3-7-24-11/h3-4,7,10,12-13H,5-6,8-9H2,1-2H3,(H,17,23)(H,18,21)/t12-,13-/m0/s1. The summed E-state index contributed by atoms with van der Waals surface area (Å²) in [7, 11) is 0. The Morgan fingerprint density at radius 1 is 1.42 bits per heavy atom. The van der Waals surface area contributed by atoms with Crippen molar-refractivity contribution >= 4 is 29.2 Å². The Labute approximate surface area is 145 Å². The molecule has 0 aliphatic carbocycles. The van der Waals surface area contributed by atoms with Gasteiger partial charge in [0.2, 0.25) is 11.8 Å². The van der Waals surface area contributed by atoms with E-state index in [4.69, 9.17) is 0 Å². The van der Waals surface area contributed by atoms with Crippen molar-refractivity contribution in [3.05, 3.63) is 22.4 Å². The second-order valence-electron chi connectivity index (χ2n) is 6.44. The summed E-state index contributed by atoms with van der Waals surface area (Å²) in [5.74, 6) is -0.241. The highest BCUT2D eigenvalue weighted by Gasteiger charge is 2.44. The van der Waals surface area contributed by atoms with Gasteiger partial charge in [0.1, 0.15) is 12.1 Å². The van der Waals surface area contributed by atoms with Crippen LogP contribution in [0, 0.1) is 0 Å². The Morgan fingerprint density at radius 2 is 2.21 bits per heavy atom. The molecule has 2 atom stereocenters. The van der Waals surface area contributed by atoms with Crippen LogP contribution in [0.15, 0.2) is 17.5 Å². The summed E-state index contributed by atoms with van der Waals surface area (Å²) in [6.07, 6.45) is 0.517. The number of carbonyl (C=O) groups excluding carboxylic acids is 3. The van der Waals surface area contributed by atoms with Crippen LogP contribution in [0.1, 0.15) is 18.7 Å². The first-order chi connectivity index (χ1) is 11.5. The minimum atomic E-state index is -0.594. The van der Waals surface area contributed by atoms with Crippen molar-refractivity contribution in [1.29, 1.82) is 0 Å². The first kappa shape index (κ1) is 16.8. The first-order valence-corrected chi connectivity index (χ1v) is 9.02. The molecule has 0 aromatic carbocycles. The molecule has 4 amide bonds. The number of hydrogen-bond donors (Lipinski definition) is 2. The van der Waals surface area contributed by atoms with E-state index in [0.717, 1.165) is 4.88 Å². The van der Waals surface area contributed by atoms with Gasteiger partial charge in [0, 0.05) is 30.4 Å². The second-order valence-corrected chi connectivity index (χ2v) is 7.47. The molecule has 3 rings (SSSR count). The topological polar surface area (TPSA) is 81.8 Å². The third kappa shape index (κ3) is 3.38. The lowest BCUT2D eigenvalue weighted by molar-refractivity contribution is -0.152. The molecule has 8 heteroatoms. The van der Waals surface area contributed by atoms with Crippen molar-refractivity contribution in [3.8, 4) is 0 Å². The zero-order valence-electron chi connectivity index (χ0n) is 13.8. The highest BCUT2D eigenvalue weighted by molar-refractivity contribution is 7.09. The quantitative estimate of drug-likeness (QED) is 0.829.